The van der Waals surface area contributed by atoms with Gasteiger partial charge in [-0.2, -0.15) is 0 Å². The number of amides is 1. The Morgan fingerprint density at radius 1 is 1.25 bits per heavy atom. The van der Waals surface area contributed by atoms with Crippen LogP contribution in [0.3, 0.4) is 0 Å². The third-order valence-electron chi connectivity index (χ3n) is 3.20. The van der Waals surface area contributed by atoms with E-state index in [0.717, 1.165) is 18.4 Å². The number of hydrogen-bond donors (Lipinski definition) is 1. The third-order valence-corrected chi connectivity index (χ3v) is 3.20. The maximum absolute atomic E-state index is 12.2. The van der Waals surface area contributed by atoms with E-state index < -0.39 is 5.97 Å². The molecule has 1 N–H and O–H groups in total. The van der Waals surface area contributed by atoms with Crippen molar-refractivity contribution in [2.75, 3.05) is 6.54 Å². The van der Waals surface area contributed by atoms with Crippen molar-refractivity contribution >= 4 is 11.9 Å². The van der Waals surface area contributed by atoms with E-state index in [1.807, 2.05) is 37.3 Å². The zero-order chi connectivity index (χ0) is 15.0. The fourth-order valence-corrected chi connectivity index (χ4v) is 2.22. The number of nitrogens with zero attached hydrogens (tertiary/aromatic N) is 1. The quantitative estimate of drug-likeness (QED) is 0.795. The SMILES string of the molecule is CCCC(C)CC(=O)N(CC(=O)O)Cc1ccccc1. The van der Waals surface area contributed by atoms with Crippen LogP contribution in [0.25, 0.3) is 0 Å². The molecule has 0 heterocycles. The second-order valence-corrected chi connectivity index (χ2v) is 5.23. The van der Waals surface area contributed by atoms with E-state index in [1.165, 1.54) is 4.90 Å². The van der Waals surface area contributed by atoms with Gasteiger partial charge in [-0.05, 0) is 11.5 Å². The van der Waals surface area contributed by atoms with Gasteiger partial charge >= 0.3 is 5.97 Å². The lowest BCUT2D eigenvalue weighted by Crippen LogP contribution is -2.35. The molecule has 4 nitrogen and oxygen atoms in total. The van der Waals surface area contributed by atoms with Crippen LogP contribution in [0, 0.1) is 5.92 Å². The van der Waals surface area contributed by atoms with Gasteiger partial charge in [-0.15, -0.1) is 0 Å². The van der Waals surface area contributed by atoms with E-state index in [-0.39, 0.29) is 12.5 Å². The lowest BCUT2D eigenvalue weighted by molar-refractivity contribution is -0.145. The van der Waals surface area contributed by atoms with Crippen LogP contribution in [0.2, 0.25) is 0 Å². The Labute approximate surface area is 120 Å². The number of carboxylic acids is 1. The Morgan fingerprint density at radius 3 is 2.45 bits per heavy atom. The van der Waals surface area contributed by atoms with Gasteiger partial charge in [-0.25, -0.2) is 0 Å². The average molecular weight is 277 g/mol. The van der Waals surface area contributed by atoms with Crippen molar-refractivity contribution < 1.29 is 14.7 Å². The molecule has 0 aliphatic heterocycles. The van der Waals surface area contributed by atoms with Gasteiger partial charge in [0.05, 0.1) is 0 Å². The lowest BCUT2D eigenvalue weighted by Gasteiger charge is -2.22. The fraction of sp³-hybridized carbons (Fsp3) is 0.500. The van der Waals surface area contributed by atoms with Crippen molar-refractivity contribution in [3.63, 3.8) is 0 Å². The normalized spacial score (nSPS) is 11.9. The molecule has 0 bridgehead atoms. The first kappa shape index (κ1) is 16.2. The Hall–Kier alpha value is -1.84. The minimum atomic E-state index is -0.975. The summed E-state index contributed by atoms with van der Waals surface area (Å²) < 4.78 is 0. The number of carbonyl (C=O) groups is 2. The number of rotatable bonds is 8. The Balaban J connectivity index is 2.68. The molecule has 1 aromatic carbocycles. The molecule has 1 aromatic rings. The molecule has 0 spiro atoms. The molecule has 0 aromatic heterocycles. The lowest BCUT2D eigenvalue weighted by atomic mass is 10.0. The van der Waals surface area contributed by atoms with E-state index in [0.29, 0.717) is 18.9 Å². The highest BCUT2D eigenvalue weighted by molar-refractivity contribution is 5.81. The summed E-state index contributed by atoms with van der Waals surface area (Å²) >= 11 is 0. The molecular formula is C16H23NO3. The molecule has 4 heteroatoms. The standard InChI is InChI=1S/C16H23NO3/c1-3-7-13(2)10-15(18)17(12-16(19)20)11-14-8-5-4-6-9-14/h4-6,8-9,13H,3,7,10-12H2,1-2H3,(H,19,20). The maximum Gasteiger partial charge on any atom is 0.323 e. The molecule has 0 aliphatic rings. The molecule has 1 atom stereocenters. The summed E-state index contributed by atoms with van der Waals surface area (Å²) in [4.78, 5) is 24.6. The van der Waals surface area contributed by atoms with Crippen molar-refractivity contribution in [1.29, 1.82) is 0 Å². The predicted octanol–water partition coefficient (Wildman–Crippen LogP) is 2.93. The summed E-state index contributed by atoms with van der Waals surface area (Å²) in [5.41, 5.74) is 0.949. The number of carboxylic acid groups (broad SMARTS) is 1. The number of benzene rings is 1. The van der Waals surface area contributed by atoms with Gasteiger partial charge in [0.1, 0.15) is 6.54 Å². The highest BCUT2D eigenvalue weighted by Crippen LogP contribution is 2.13. The molecule has 1 unspecified atom stereocenters. The zero-order valence-electron chi connectivity index (χ0n) is 12.2. The summed E-state index contributed by atoms with van der Waals surface area (Å²) in [7, 11) is 0. The first-order chi connectivity index (χ1) is 9.52. The van der Waals surface area contributed by atoms with Gasteiger partial charge in [-0.1, -0.05) is 57.0 Å². The first-order valence-corrected chi connectivity index (χ1v) is 7.06. The Kier molecular flexibility index (Phi) is 6.77. The van der Waals surface area contributed by atoms with E-state index in [4.69, 9.17) is 5.11 Å². The third kappa shape index (κ3) is 5.87. The first-order valence-electron chi connectivity index (χ1n) is 7.06. The number of carbonyl (C=O) groups excluding carboxylic acids is 1. The largest absolute Gasteiger partial charge is 0.480 e. The second kappa shape index (κ2) is 8.35. The summed E-state index contributed by atoms with van der Waals surface area (Å²) in [5.74, 6) is -0.769. The van der Waals surface area contributed by atoms with Crippen molar-refractivity contribution in [3.8, 4) is 0 Å². The molecular weight excluding hydrogens is 254 g/mol. The number of hydrogen-bond acceptors (Lipinski definition) is 2. The molecule has 20 heavy (non-hydrogen) atoms. The van der Waals surface area contributed by atoms with Crippen LogP contribution in [-0.4, -0.2) is 28.4 Å². The van der Waals surface area contributed by atoms with Gasteiger partial charge in [-0.3, -0.25) is 9.59 Å². The molecule has 1 rings (SSSR count). The van der Waals surface area contributed by atoms with Crippen LogP contribution >= 0.6 is 0 Å². The summed E-state index contributed by atoms with van der Waals surface area (Å²) in [6, 6.07) is 9.47. The van der Waals surface area contributed by atoms with Crippen LogP contribution in [0.1, 0.15) is 38.7 Å². The van der Waals surface area contributed by atoms with Crippen LogP contribution in [-0.2, 0) is 16.1 Å². The Bertz CT molecular complexity index is 431. The summed E-state index contributed by atoms with van der Waals surface area (Å²) in [6.45, 7) is 4.22. The second-order valence-electron chi connectivity index (χ2n) is 5.23. The highest BCUT2D eigenvalue weighted by atomic mass is 16.4. The molecule has 1 amide bonds. The summed E-state index contributed by atoms with van der Waals surface area (Å²) in [5, 5.41) is 8.95. The minimum absolute atomic E-state index is 0.0859. The van der Waals surface area contributed by atoms with E-state index in [2.05, 4.69) is 6.92 Å². The Morgan fingerprint density at radius 2 is 1.90 bits per heavy atom. The minimum Gasteiger partial charge on any atom is -0.480 e. The van der Waals surface area contributed by atoms with Crippen molar-refractivity contribution in [2.24, 2.45) is 5.92 Å². The molecule has 0 radical (unpaired) electrons. The van der Waals surface area contributed by atoms with E-state index in [1.54, 1.807) is 0 Å². The van der Waals surface area contributed by atoms with Crippen LogP contribution in [0.5, 0.6) is 0 Å². The molecule has 0 saturated carbocycles. The molecule has 0 aliphatic carbocycles. The van der Waals surface area contributed by atoms with Gasteiger partial charge in [0.25, 0.3) is 0 Å². The van der Waals surface area contributed by atoms with Crippen molar-refractivity contribution in [1.82, 2.24) is 4.90 Å². The topological polar surface area (TPSA) is 57.6 Å². The van der Waals surface area contributed by atoms with Gasteiger partial charge in [0, 0.05) is 13.0 Å². The van der Waals surface area contributed by atoms with Crippen molar-refractivity contribution in [3.05, 3.63) is 35.9 Å². The van der Waals surface area contributed by atoms with Gasteiger partial charge < -0.3 is 10.0 Å². The molecule has 0 saturated heterocycles. The van der Waals surface area contributed by atoms with Gasteiger partial charge in [0.2, 0.25) is 5.91 Å². The van der Waals surface area contributed by atoms with Crippen LogP contribution < -0.4 is 0 Å². The smallest absolute Gasteiger partial charge is 0.323 e. The maximum atomic E-state index is 12.2. The van der Waals surface area contributed by atoms with E-state index >= 15 is 0 Å². The number of aliphatic carboxylic acids is 1. The molecule has 110 valence electrons. The predicted molar refractivity (Wildman–Crippen MR) is 78.2 cm³/mol. The fourth-order valence-electron chi connectivity index (χ4n) is 2.22. The highest BCUT2D eigenvalue weighted by Gasteiger charge is 2.19. The van der Waals surface area contributed by atoms with Gasteiger partial charge in [0.15, 0.2) is 0 Å². The van der Waals surface area contributed by atoms with Crippen LogP contribution in [0.4, 0.5) is 0 Å². The van der Waals surface area contributed by atoms with Crippen molar-refractivity contribution in [2.45, 2.75) is 39.7 Å². The average Bonchev–Trinajstić information content (AvgIpc) is 2.38. The monoisotopic (exact) mass is 277 g/mol. The zero-order valence-corrected chi connectivity index (χ0v) is 12.2. The van der Waals surface area contributed by atoms with Crippen LogP contribution in [0.15, 0.2) is 30.3 Å². The summed E-state index contributed by atoms with van der Waals surface area (Å²) in [6.07, 6.45) is 2.43. The molecule has 0 fully saturated rings. The van der Waals surface area contributed by atoms with E-state index in [9.17, 15) is 9.59 Å².